The van der Waals surface area contributed by atoms with Crippen molar-refractivity contribution < 1.29 is 23.9 Å². The van der Waals surface area contributed by atoms with Gasteiger partial charge in [0.25, 0.3) is 0 Å². The summed E-state index contributed by atoms with van der Waals surface area (Å²) in [6, 6.07) is 24.7. The zero-order chi connectivity index (χ0) is 29.0. The summed E-state index contributed by atoms with van der Waals surface area (Å²) < 4.78 is 12.6. The predicted octanol–water partition coefficient (Wildman–Crippen LogP) is 6.39. The van der Waals surface area contributed by atoms with E-state index in [0.717, 1.165) is 59.8 Å². The Morgan fingerprint density at radius 1 is 0.829 bits per heavy atom. The lowest BCUT2D eigenvalue weighted by Crippen LogP contribution is -2.26. The molecule has 0 atom stereocenters. The van der Waals surface area contributed by atoms with Crippen molar-refractivity contribution >= 4 is 28.7 Å². The fraction of sp³-hybridized carbons (Fsp3) is 0.324. The molecule has 7 heteroatoms. The maximum absolute atomic E-state index is 13.0. The van der Waals surface area contributed by atoms with Gasteiger partial charge in [-0.05, 0) is 61.2 Å². The van der Waals surface area contributed by atoms with Crippen molar-refractivity contribution in [1.29, 1.82) is 0 Å². The maximum Gasteiger partial charge on any atom is 0.343 e. The number of amides is 1. The summed E-state index contributed by atoms with van der Waals surface area (Å²) in [5, 5.41) is 3.96. The highest BCUT2D eigenvalue weighted by atomic mass is 16.5. The average Bonchev–Trinajstić information content (AvgIpc) is 3.24. The Morgan fingerprint density at radius 2 is 1.51 bits per heavy atom. The number of rotatable bonds is 14. The van der Waals surface area contributed by atoms with Crippen molar-refractivity contribution in [3.05, 3.63) is 101 Å². The topological polar surface area (TPSA) is 86.6 Å². The third-order valence-corrected chi connectivity index (χ3v) is 7.27. The Hall–Kier alpha value is -4.39. The predicted molar refractivity (Wildman–Crippen MR) is 160 cm³/mol. The number of unbranched alkanes of at least 4 members (excludes halogenated alkanes) is 4. The number of hydrogen-bond acceptors (Lipinski definition) is 5. The molecule has 0 radical (unpaired) electrons. The summed E-state index contributed by atoms with van der Waals surface area (Å²) in [6.45, 7) is 3.32. The van der Waals surface area contributed by atoms with Crippen LogP contribution in [0.3, 0.4) is 0 Å². The minimum absolute atomic E-state index is 0.0377. The van der Waals surface area contributed by atoms with E-state index in [0.29, 0.717) is 30.8 Å². The first-order valence-electron chi connectivity index (χ1n) is 14.2. The maximum atomic E-state index is 13.0. The third-order valence-electron chi connectivity index (χ3n) is 7.27. The molecule has 1 aromatic heterocycles. The molecule has 0 saturated heterocycles. The number of aromatic nitrogens is 1. The van der Waals surface area contributed by atoms with Gasteiger partial charge in [-0.25, -0.2) is 4.79 Å². The minimum atomic E-state index is -0.421. The van der Waals surface area contributed by atoms with Crippen molar-refractivity contribution in [3.8, 4) is 5.75 Å². The molecule has 7 nitrogen and oxygen atoms in total. The van der Waals surface area contributed by atoms with Gasteiger partial charge in [0.1, 0.15) is 5.75 Å². The molecule has 4 aromatic rings. The number of nitrogens with zero attached hydrogens (tertiary/aromatic N) is 1. The fourth-order valence-corrected chi connectivity index (χ4v) is 5.00. The quantitative estimate of drug-likeness (QED) is 0.111. The highest BCUT2D eigenvalue weighted by Gasteiger charge is 2.19. The van der Waals surface area contributed by atoms with Crippen LogP contribution in [0.1, 0.15) is 65.7 Å². The summed E-state index contributed by atoms with van der Waals surface area (Å²) in [7, 11) is 1.41. The van der Waals surface area contributed by atoms with Gasteiger partial charge in [-0.15, -0.1) is 0 Å². The van der Waals surface area contributed by atoms with Gasteiger partial charge in [0.15, 0.2) is 0 Å². The molecule has 3 aromatic carbocycles. The number of nitrogens with one attached hydrogen (secondary N) is 1. The summed E-state index contributed by atoms with van der Waals surface area (Å²) in [6.07, 6.45) is 5.39. The lowest BCUT2D eigenvalue weighted by Gasteiger charge is -2.10. The van der Waals surface area contributed by atoms with E-state index < -0.39 is 5.97 Å². The molecule has 0 aliphatic rings. The van der Waals surface area contributed by atoms with Crippen LogP contribution in [0.5, 0.6) is 5.75 Å². The number of carbonyl (C=O) groups excluding carboxylic acids is 3. The zero-order valence-corrected chi connectivity index (χ0v) is 23.9. The van der Waals surface area contributed by atoms with Crippen LogP contribution in [0.15, 0.2) is 78.9 Å². The Balaban J connectivity index is 1.45. The molecule has 0 saturated carbocycles. The van der Waals surface area contributed by atoms with Crippen LogP contribution < -0.4 is 10.1 Å². The molecule has 1 N–H and O–H groups in total. The lowest BCUT2D eigenvalue weighted by atomic mass is 10.1. The van der Waals surface area contributed by atoms with Gasteiger partial charge in [0.2, 0.25) is 5.91 Å². The molecule has 4 rings (SSSR count). The second kappa shape index (κ2) is 14.8. The SMILES string of the molecule is COC(=O)CCCCCCCNC(=O)Cc1c(C)n(Cc2ccccc2)c2ccc(OC(=O)c3ccccc3)cc12. The first-order valence-corrected chi connectivity index (χ1v) is 14.2. The number of methoxy groups -OCH3 is 1. The van der Waals surface area contributed by atoms with E-state index in [2.05, 4.69) is 26.8 Å². The average molecular weight is 555 g/mol. The number of esters is 2. The van der Waals surface area contributed by atoms with Gasteiger partial charge in [0.05, 0.1) is 19.1 Å². The molecule has 0 unspecified atom stereocenters. The highest BCUT2D eigenvalue weighted by Crippen LogP contribution is 2.31. The second-order valence-corrected chi connectivity index (χ2v) is 10.2. The normalized spacial score (nSPS) is 10.9. The molecular weight excluding hydrogens is 516 g/mol. The Kier molecular flexibility index (Phi) is 10.7. The van der Waals surface area contributed by atoms with Crippen molar-refractivity contribution in [3.63, 3.8) is 0 Å². The van der Waals surface area contributed by atoms with E-state index in [1.165, 1.54) is 7.11 Å². The van der Waals surface area contributed by atoms with Gasteiger partial charge >= 0.3 is 11.9 Å². The smallest absolute Gasteiger partial charge is 0.343 e. The van der Waals surface area contributed by atoms with E-state index in [9.17, 15) is 14.4 Å². The molecule has 214 valence electrons. The molecule has 1 heterocycles. The van der Waals surface area contributed by atoms with Gasteiger partial charge in [-0.3, -0.25) is 9.59 Å². The molecule has 0 fully saturated rings. The lowest BCUT2D eigenvalue weighted by molar-refractivity contribution is -0.140. The van der Waals surface area contributed by atoms with Crippen LogP contribution >= 0.6 is 0 Å². The minimum Gasteiger partial charge on any atom is -0.469 e. The van der Waals surface area contributed by atoms with Gasteiger partial charge in [-0.2, -0.15) is 0 Å². The number of hydrogen-bond donors (Lipinski definition) is 1. The zero-order valence-electron chi connectivity index (χ0n) is 23.9. The van der Waals surface area contributed by atoms with Crippen molar-refractivity contribution in [2.45, 2.75) is 58.4 Å². The second-order valence-electron chi connectivity index (χ2n) is 10.2. The first kappa shape index (κ1) is 29.6. The molecule has 1 amide bonds. The number of benzene rings is 3. The third kappa shape index (κ3) is 8.30. The van der Waals surface area contributed by atoms with E-state index in [1.807, 2.05) is 43.3 Å². The molecule has 0 aliphatic carbocycles. The van der Waals surface area contributed by atoms with Gasteiger partial charge in [0, 0.05) is 36.1 Å². The highest BCUT2D eigenvalue weighted by molar-refractivity contribution is 5.94. The van der Waals surface area contributed by atoms with Gasteiger partial charge in [-0.1, -0.05) is 67.8 Å². The molecule has 0 aliphatic heterocycles. The largest absolute Gasteiger partial charge is 0.469 e. The van der Waals surface area contributed by atoms with Crippen LogP contribution in [0, 0.1) is 6.92 Å². The van der Waals surface area contributed by atoms with E-state index in [1.54, 1.807) is 30.3 Å². The summed E-state index contributed by atoms with van der Waals surface area (Å²) in [5.74, 6) is -0.185. The Morgan fingerprint density at radius 3 is 2.24 bits per heavy atom. The number of ether oxygens (including phenoxy) is 2. The van der Waals surface area contributed by atoms with E-state index >= 15 is 0 Å². The Bertz CT molecular complexity index is 1460. The molecule has 0 bridgehead atoms. The molecular formula is C34H38N2O5. The standard InChI is InChI=1S/C34H38N2O5/c1-25-29(23-32(37)35-21-13-5-3-4-12-18-33(38)40-2)30-22-28(41-34(39)27-16-10-7-11-17-27)19-20-31(30)36(25)24-26-14-8-6-9-15-26/h6-11,14-17,19-20,22H,3-5,12-13,18,21,23-24H2,1-2H3,(H,35,37). The van der Waals surface area contributed by atoms with Crippen LogP contribution in [0.4, 0.5) is 0 Å². The van der Waals surface area contributed by atoms with Crippen molar-refractivity contribution in [2.75, 3.05) is 13.7 Å². The fourth-order valence-electron chi connectivity index (χ4n) is 5.00. The van der Waals surface area contributed by atoms with E-state index in [4.69, 9.17) is 4.74 Å². The Labute approximate surface area is 241 Å². The van der Waals surface area contributed by atoms with Crippen molar-refractivity contribution in [2.24, 2.45) is 0 Å². The molecule has 0 spiro atoms. The van der Waals surface area contributed by atoms with Crippen LogP contribution in [-0.4, -0.2) is 36.1 Å². The van der Waals surface area contributed by atoms with Crippen LogP contribution in [0.2, 0.25) is 0 Å². The number of carbonyl (C=O) groups is 3. The van der Waals surface area contributed by atoms with Crippen LogP contribution in [0.25, 0.3) is 10.9 Å². The summed E-state index contributed by atoms with van der Waals surface area (Å²) in [5.41, 5.74) is 4.56. The molecule has 41 heavy (non-hydrogen) atoms. The number of fused-ring (bicyclic) bond motifs is 1. The summed E-state index contributed by atoms with van der Waals surface area (Å²) >= 11 is 0. The van der Waals surface area contributed by atoms with E-state index in [-0.39, 0.29) is 18.3 Å². The van der Waals surface area contributed by atoms with Crippen molar-refractivity contribution in [1.82, 2.24) is 9.88 Å². The van der Waals surface area contributed by atoms with Gasteiger partial charge < -0.3 is 19.4 Å². The van der Waals surface area contributed by atoms with Crippen LogP contribution in [-0.2, 0) is 27.3 Å². The first-order chi connectivity index (χ1) is 20.0. The monoisotopic (exact) mass is 554 g/mol. The summed E-state index contributed by atoms with van der Waals surface area (Å²) in [4.78, 5) is 36.9.